The maximum absolute atomic E-state index is 11.8. The maximum atomic E-state index is 11.8. The Morgan fingerprint density at radius 1 is 1.53 bits per heavy atom. The van der Waals surface area contributed by atoms with Crippen molar-refractivity contribution in [2.45, 2.75) is 33.2 Å². The SMILES string of the molecule is CCNC(C)(C)C(=O)Nc1nc(C)ns1. The molecule has 0 radical (unpaired) electrons. The first kappa shape index (κ1) is 12.1. The van der Waals surface area contributed by atoms with E-state index in [2.05, 4.69) is 20.0 Å². The van der Waals surface area contributed by atoms with E-state index in [0.29, 0.717) is 11.0 Å². The second-order valence-corrected chi connectivity index (χ2v) is 4.51. The Kier molecular flexibility index (Phi) is 3.76. The molecule has 0 aromatic carbocycles. The Morgan fingerprint density at radius 2 is 2.20 bits per heavy atom. The molecule has 15 heavy (non-hydrogen) atoms. The maximum Gasteiger partial charge on any atom is 0.245 e. The van der Waals surface area contributed by atoms with Gasteiger partial charge in [0.2, 0.25) is 11.0 Å². The van der Waals surface area contributed by atoms with Crippen molar-refractivity contribution in [1.82, 2.24) is 14.7 Å². The molecule has 0 aliphatic heterocycles. The van der Waals surface area contributed by atoms with E-state index in [4.69, 9.17) is 0 Å². The van der Waals surface area contributed by atoms with Gasteiger partial charge in [0, 0.05) is 11.5 Å². The number of hydrogen-bond acceptors (Lipinski definition) is 5. The second kappa shape index (κ2) is 4.67. The predicted molar refractivity (Wildman–Crippen MR) is 61.0 cm³/mol. The van der Waals surface area contributed by atoms with Crippen molar-refractivity contribution in [2.75, 3.05) is 11.9 Å². The summed E-state index contributed by atoms with van der Waals surface area (Å²) in [5.41, 5.74) is -0.589. The number of carbonyl (C=O) groups excluding carboxylic acids is 1. The highest BCUT2D eigenvalue weighted by atomic mass is 32.1. The lowest BCUT2D eigenvalue weighted by atomic mass is 10.1. The fraction of sp³-hybridized carbons (Fsp3) is 0.667. The fourth-order valence-corrected chi connectivity index (χ4v) is 1.69. The van der Waals surface area contributed by atoms with E-state index in [1.54, 1.807) is 6.92 Å². The third kappa shape index (κ3) is 3.24. The molecule has 84 valence electrons. The molecule has 6 heteroatoms. The quantitative estimate of drug-likeness (QED) is 0.812. The van der Waals surface area contributed by atoms with Gasteiger partial charge in [-0.2, -0.15) is 4.37 Å². The molecule has 0 spiro atoms. The van der Waals surface area contributed by atoms with Crippen LogP contribution in [0.3, 0.4) is 0 Å². The summed E-state index contributed by atoms with van der Waals surface area (Å²) in [5, 5.41) is 6.37. The predicted octanol–water partition coefficient (Wildman–Crippen LogP) is 1.17. The number of aryl methyl sites for hydroxylation is 1. The van der Waals surface area contributed by atoms with Crippen molar-refractivity contribution in [3.05, 3.63) is 5.82 Å². The van der Waals surface area contributed by atoms with Crippen molar-refractivity contribution >= 4 is 22.6 Å². The van der Waals surface area contributed by atoms with E-state index in [-0.39, 0.29) is 5.91 Å². The highest BCUT2D eigenvalue weighted by Crippen LogP contribution is 2.13. The van der Waals surface area contributed by atoms with Gasteiger partial charge in [-0.3, -0.25) is 10.1 Å². The monoisotopic (exact) mass is 228 g/mol. The zero-order chi connectivity index (χ0) is 11.5. The van der Waals surface area contributed by atoms with Gasteiger partial charge in [-0.15, -0.1) is 0 Å². The van der Waals surface area contributed by atoms with E-state index < -0.39 is 5.54 Å². The molecular weight excluding hydrogens is 212 g/mol. The van der Waals surface area contributed by atoms with Gasteiger partial charge in [-0.25, -0.2) is 4.98 Å². The van der Waals surface area contributed by atoms with Crippen LogP contribution in [0.2, 0.25) is 0 Å². The number of aromatic nitrogens is 2. The number of amides is 1. The normalized spacial score (nSPS) is 11.5. The minimum absolute atomic E-state index is 0.0968. The molecule has 0 aliphatic rings. The Balaban J connectivity index is 2.63. The molecular formula is C9H16N4OS. The minimum atomic E-state index is -0.589. The lowest BCUT2D eigenvalue weighted by Gasteiger charge is -2.23. The smallest absolute Gasteiger partial charge is 0.245 e. The third-order valence-electron chi connectivity index (χ3n) is 1.93. The van der Waals surface area contributed by atoms with Gasteiger partial charge in [0.15, 0.2) is 0 Å². The lowest BCUT2D eigenvalue weighted by Crippen LogP contribution is -2.49. The summed E-state index contributed by atoms with van der Waals surface area (Å²) >= 11 is 1.19. The summed E-state index contributed by atoms with van der Waals surface area (Å²) in [6, 6.07) is 0. The van der Waals surface area contributed by atoms with Crippen molar-refractivity contribution < 1.29 is 4.79 Å². The highest BCUT2D eigenvalue weighted by Gasteiger charge is 2.26. The molecule has 0 atom stereocenters. The van der Waals surface area contributed by atoms with Gasteiger partial charge in [-0.05, 0) is 27.3 Å². The van der Waals surface area contributed by atoms with E-state index in [1.165, 1.54) is 11.5 Å². The van der Waals surface area contributed by atoms with Crippen molar-refractivity contribution in [1.29, 1.82) is 0 Å². The fourth-order valence-electron chi connectivity index (χ4n) is 1.12. The van der Waals surface area contributed by atoms with Crippen LogP contribution in [0.5, 0.6) is 0 Å². The van der Waals surface area contributed by atoms with Crippen LogP contribution in [0.15, 0.2) is 0 Å². The van der Waals surface area contributed by atoms with Gasteiger partial charge in [0.05, 0.1) is 5.54 Å². The summed E-state index contributed by atoms with van der Waals surface area (Å²) in [4.78, 5) is 15.9. The van der Waals surface area contributed by atoms with Gasteiger partial charge < -0.3 is 5.32 Å². The molecule has 0 unspecified atom stereocenters. The molecule has 1 aromatic heterocycles. The summed E-state index contributed by atoms with van der Waals surface area (Å²) in [6.07, 6.45) is 0. The minimum Gasteiger partial charge on any atom is -0.304 e. The van der Waals surface area contributed by atoms with Crippen LogP contribution in [-0.4, -0.2) is 27.3 Å². The zero-order valence-electron chi connectivity index (χ0n) is 9.42. The molecule has 2 N–H and O–H groups in total. The van der Waals surface area contributed by atoms with Crippen LogP contribution in [0.4, 0.5) is 5.13 Å². The highest BCUT2D eigenvalue weighted by molar-refractivity contribution is 7.09. The van der Waals surface area contributed by atoms with Crippen LogP contribution in [0.1, 0.15) is 26.6 Å². The third-order valence-corrected chi connectivity index (χ3v) is 2.66. The molecule has 0 saturated heterocycles. The van der Waals surface area contributed by atoms with E-state index in [9.17, 15) is 4.79 Å². The molecule has 0 fully saturated rings. The number of anilines is 1. The molecule has 1 heterocycles. The Labute approximate surface area is 93.5 Å². The van der Waals surface area contributed by atoms with Gasteiger partial charge in [-0.1, -0.05) is 6.92 Å². The Hall–Kier alpha value is -1.01. The first-order valence-electron chi connectivity index (χ1n) is 4.82. The van der Waals surface area contributed by atoms with Crippen LogP contribution in [0.25, 0.3) is 0 Å². The Bertz CT molecular complexity index is 348. The topological polar surface area (TPSA) is 66.9 Å². The van der Waals surface area contributed by atoms with Crippen molar-refractivity contribution in [3.63, 3.8) is 0 Å². The van der Waals surface area contributed by atoms with Crippen LogP contribution >= 0.6 is 11.5 Å². The van der Waals surface area contributed by atoms with Crippen LogP contribution in [0, 0.1) is 6.92 Å². The standard InChI is InChI=1S/C9H16N4OS/c1-5-10-9(3,4)7(14)12-8-11-6(2)13-15-8/h10H,5H2,1-4H3,(H,11,12,13,14). The lowest BCUT2D eigenvalue weighted by molar-refractivity contribution is -0.121. The first-order valence-corrected chi connectivity index (χ1v) is 5.60. The number of nitrogens with zero attached hydrogens (tertiary/aromatic N) is 2. The zero-order valence-corrected chi connectivity index (χ0v) is 10.2. The number of carbonyl (C=O) groups is 1. The average Bonchev–Trinajstić information content (AvgIpc) is 2.51. The summed E-state index contributed by atoms with van der Waals surface area (Å²) in [5.74, 6) is 0.581. The van der Waals surface area contributed by atoms with E-state index in [0.717, 1.165) is 6.54 Å². The molecule has 0 aliphatic carbocycles. The van der Waals surface area contributed by atoms with E-state index >= 15 is 0 Å². The first-order chi connectivity index (χ1) is 6.95. The molecule has 0 saturated carbocycles. The van der Waals surface area contributed by atoms with E-state index in [1.807, 2.05) is 20.8 Å². The Morgan fingerprint density at radius 3 is 2.67 bits per heavy atom. The number of likely N-dealkylation sites (N-methyl/N-ethyl adjacent to an activating group) is 1. The van der Waals surface area contributed by atoms with Crippen molar-refractivity contribution in [2.24, 2.45) is 0 Å². The number of rotatable bonds is 4. The van der Waals surface area contributed by atoms with Gasteiger partial charge >= 0.3 is 0 Å². The summed E-state index contributed by atoms with van der Waals surface area (Å²) < 4.78 is 3.99. The summed E-state index contributed by atoms with van der Waals surface area (Å²) in [6.45, 7) is 8.17. The number of hydrogen-bond donors (Lipinski definition) is 2. The van der Waals surface area contributed by atoms with Crippen LogP contribution < -0.4 is 10.6 Å². The second-order valence-electron chi connectivity index (χ2n) is 3.76. The van der Waals surface area contributed by atoms with Crippen molar-refractivity contribution in [3.8, 4) is 0 Å². The van der Waals surface area contributed by atoms with Gasteiger partial charge in [0.1, 0.15) is 5.82 Å². The molecule has 1 rings (SSSR count). The summed E-state index contributed by atoms with van der Waals surface area (Å²) in [7, 11) is 0. The largest absolute Gasteiger partial charge is 0.304 e. The molecule has 0 bridgehead atoms. The van der Waals surface area contributed by atoms with Gasteiger partial charge in [0.25, 0.3) is 0 Å². The molecule has 1 aromatic rings. The average molecular weight is 228 g/mol. The molecule has 5 nitrogen and oxygen atoms in total. The van der Waals surface area contributed by atoms with Crippen LogP contribution in [-0.2, 0) is 4.79 Å². The molecule has 1 amide bonds. The number of nitrogens with one attached hydrogen (secondary N) is 2.